The van der Waals surface area contributed by atoms with Gasteiger partial charge in [0.15, 0.2) is 0 Å². The van der Waals surface area contributed by atoms with E-state index in [1.165, 1.54) is 0 Å². The molecule has 2 aromatic rings. The van der Waals surface area contributed by atoms with Gasteiger partial charge in [-0.25, -0.2) is 0 Å². The number of rotatable bonds is 5. The van der Waals surface area contributed by atoms with Crippen molar-refractivity contribution in [2.24, 2.45) is 0 Å². The molecule has 1 unspecified atom stereocenters. The molecule has 0 saturated carbocycles. The zero-order valence-corrected chi connectivity index (χ0v) is 13.8. The van der Waals surface area contributed by atoms with Crippen molar-refractivity contribution in [3.8, 4) is 11.5 Å². The van der Waals surface area contributed by atoms with Gasteiger partial charge in [0.2, 0.25) is 0 Å². The van der Waals surface area contributed by atoms with Crippen LogP contribution in [0.4, 0.5) is 0 Å². The fourth-order valence-corrected chi connectivity index (χ4v) is 2.53. The van der Waals surface area contributed by atoms with E-state index >= 15 is 0 Å². The van der Waals surface area contributed by atoms with Gasteiger partial charge in [0.05, 0.1) is 9.50 Å². The van der Waals surface area contributed by atoms with Crippen LogP contribution in [-0.4, -0.2) is 6.54 Å². The number of halogens is 2. The Morgan fingerprint density at radius 2 is 1.95 bits per heavy atom. The third-order valence-corrected chi connectivity index (χ3v) is 3.97. The summed E-state index contributed by atoms with van der Waals surface area (Å²) in [5.41, 5.74) is 1.15. The third kappa shape index (κ3) is 3.75. The number of ether oxygens (including phenoxy) is 1. The van der Waals surface area contributed by atoms with Crippen LogP contribution in [0.2, 0.25) is 5.02 Å². The molecular formula is C16H17BrClNO. The van der Waals surface area contributed by atoms with Gasteiger partial charge in [-0.05, 0) is 59.2 Å². The molecule has 0 fully saturated rings. The number of hydrogen-bond donors (Lipinski definition) is 1. The van der Waals surface area contributed by atoms with Gasteiger partial charge in [0.25, 0.3) is 0 Å². The highest BCUT2D eigenvalue weighted by atomic mass is 79.9. The van der Waals surface area contributed by atoms with Crippen molar-refractivity contribution in [1.82, 2.24) is 5.32 Å². The Kier molecular flexibility index (Phi) is 5.46. The molecule has 0 spiro atoms. The number of hydrogen-bond acceptors (Lipinski definition) is 2. The van der Waals surface area contributed by atoms with Crippen molar-refractivity contribution in [1.29, 1.82) is 0 Å². The van der Waals surface area contributed by atoms with E-state index < -0.39 is 0 Å². The first-order chi connectivity index (χ1) is 9.61. The summed E-state index contributed by atoms with van der Waals surface area (Å²) in [4.78, 5) is 0. The molecule has 106 valence electrons. The Hall–Kier alpha value is -1.03. The van der Waals surface area contributed by atoms with Crippen molar-refractivity contribution in [3.63, 3.8) is 0 Å². The molecule has 2 aromatic carbocycles. The molecule has 0 amide bonds. The average Bonchev–Trinajstić information content (AvgIpc) is 2.43. The van der Waals surface area contributed by atoms with Gasteiger partial charge < -0.3 is 10.1 Å². The summed E-state index contributed by atoms with van der Waals surface area (Å²) in [6.07, 6.45) is 0. The van der Waals surface area contributed by atoms with E-state index in [1.54, 1.807) is 0 Å². The summed E-state index contributed by atoms with van der Waals surface area (Å²) in [7, 11) is 0. The summed E-state index contributed by atoms with van der Waals surface area (Å²) in [5.74, 6) is 1.41. The van der Waals surface area contributed by atoms with Crippen molar-refractivity contribution in [3.05, 3.63) is 57.5 Å². The second-order valence-corrected chi connectivity index (χ2v) is 5.76. The van der Waals surface area contributed by atoms with Gasteiger partial charge in [-0.1, -0.05) is 36.7 Å². The summed E-state index contributed by atoms with van der Waals surface area (Å²) >= 11 is 9.77. The fraction of sp³-hybridized carbons (Fsp3) is 0.250. The molecule has 0 radical (unpaired) electrons. The quantitative estimate of drug-likeness (QED) is 0.758. The largest absolute Gasteiger partial charge is 0.455 e. The maximum Gasteiger partial charge on any atom is 0.146 e. The third-order valence-electron chi connectivity index (χ3n) is 3.02. The Labute approximate surface area is 133 Å². The molecule has 1 atom stereocenters. The molecule has 2 rings (SSSR count). The van der Waals surface area contributed by atoms with Crippen LogP contribution in [0.3, 0.4) is 0 Å². The lowest BCUT2D eigenvalue weighted by molar-refractivity contribution is 0.479. The lowest BCUT2D eigenvalue weighted by atomic mass is 10.1. The van der Waals surface area contributed by atoms with Crippen molar-refractivity contribution in [2.75, 3.05) is 6.54 Å². The van der Waals surface area contributed by atoms with Crippen LogP contribution in [0.25, 0.3) is 0 Å². The van der Waals surface area contributed by atoms with Gasteiger partial charge in [-0.15, -0.1) is 0 Å². The Morgan fingerprint density at radius 3 is 2.60 bits per heavy atom. The summed E-state index contributed by atoms with van der Waals surface area (Å²) in [6, 6.07) is 13.9. The number of benzene rings is 2. The predicted octanol–water partition coefficient (Wildman–Crippen LogP) is 5.57. The zero-order chi connectivity index (χ0) is 14.5. The minimum atomic E-state index is 0.273. The van der Waals surface area contributed by atoms with Gasteiger partial charge in [-0.3, -0.25) is 0 Å². The zero-order valence-electron chi connectivity index (χ0n) is 11.5. The van der Waals surface area contributed by atoms with Gasteiger partial charge in [0.1, 0.15) is 11.5 Å². The highest BCUT2D eigenvalue weighted by Gasteiger charge is 2.09. The molecule has 0 heterocycles. The molecule has 0 saturated heterocycles. The maximum atomic E-state index is 6.31. The van der Waals surface area contributed by atoms with Crippen LogP contribution >= 0.6 is 27.5 Å². The smallest absolute Gasteiger partial charge is 0.146 e. The molecule has 0 aliphatic heterocycles. The maximum absolute atomic E-state index is 6.31. The Bertz CT molecular complexity index is 588. The molecule has 0 aromatic heterocycles. The molecule has 0 aliphatic rings. The first-order valence-electron chi connectivity index (χ1n) is 6.57. The highest BCUT2D eigenvalue weighted by molar-refractivity contribution is 9.10. The topological polar surface area (TPSA) is 21.3 Å². The Morgan fingerprint density at radius 1 is 1.20 bits per heavy atom. The van der Waals surface area contributed by atoms with Crippen LogP contribution < -0.4 is 10.1 Å². The van der Waals surface area contributed by atoms with Gasteiger partial charge in [0, 0.05) is 6.04 Å². The van der Waals surface area contributed by atoms with Crippen LogP contribution in [-0.2, 0) is 0 Å². The molecular weight excluding hydrogens is 338 g/mol. The standard InChI is InChI=1S/C16H17BrClNO/c1-3-19-11(2)12-8-9-16(14(18)10-12)20-15-7-5-4-6-13(15)17/h4-11,19H,3H2,1-2H3. The monoisotopic (exact) mass is 353 g/mol. The first-order valence-corrected chi connectivity index (χ1v) is 7.74. The van der Waals surface area contributed by atoms with Gasteiger partial charge in [-0.2, -0.15) is 0 Å². The van der Waals surface area contributed by atoms with Crippen molar-refractivity contribution >= 4 is 27.5 Å². The van der Waals surface area contributed by atoms with E-state index in [2.05, 4.69) is 35.1 Å². The van der Waals surface area contributed by atoms with Crippen molar-refractivity contribution < 1.29 is 4.74 Å². The van der Waals surface area contributed by atoms with Crippen molar-refractivity contribution in [2.45, 2.75) is 19.9 Å². The second kappa shape index (κ2) is 7.11. The van der Waals surface area contributed by atoms with Crippen LogP contribution in [0.5, 0.6) is 11.5 Å². The highest BCUT2D eigenvalue weighted by Crippen LogP contribution is 2.34. The Balaban J connectivity index is 2.20. The first kappa shape index (κ1) is 15.4. The van der Waals surface area contributed by atoms with E-state index in [9.17, 15) is 0 Å². The van der Waals surface area contributed by atoms with Gasteiger partial charge >= 0.3 is 0 Å². The number of para-hydroxylation sites is 1. The molecule has 4 heteroatoms. The molecule has 0 bridgehead atoms. The summed E-state index contributed by atoms with van der Waals surface area (Å²) < 4.78 is 6.74. The SMILES string of the molecule is CCNC(C)c1ccc(Oc2ccccc2Br)c(Cl)c1. The summed E-state index contributed by atoms with van der Waals surface area (Å²) in [6.45, 7) is 5.12. The minimum absolute atomic E-state index is 0.273. The average molecular weight is 355 g/mol. The number of nitrogens with one attached hydrogen (secondary N) is 1. The van der Waals surface area contributed by atoms with E-state index in [0.29, 0.717) is 10.8 Å². The molecule has 2 nitrogen and oxygen atoms in total. The molecule has 1 N–H and O–H groups in total. The predicted molar refractivity (Wildman–Crippen MR) is 87.8 cm³/mol. The van der Waals surface area contributed by atoms with E-state index in [0.717, 1.165) is 22.3 Å². The second-order valence-electron chi connectivity index (χ2n) is 4.50. The molecule has 20 heavy (non-hydrogen) atoms. The lowest BCUT2D eigenvalue weighted by Crippen LogP contribution is -2.17. The normalized spacial score (nSPS) is 12.2. The summed E-state index contributed by atoms with van der Waals surface area (Å²) in [5, 5.41) is 3.97. The van der Waals surface area contributed by atoms with E-state index in [1.807, 2.05) is 42.5 Å². The minimum Gasteiger partial charge on any atom is -0.455 e. The van der Waals surface area contributed by atoms with E-state index in [4.69, 9.17) is 16.3 Å². The van der Waals surface area contributed by atoms with Crippen LogP contribution in [0.1, 0.15) is 25.5 Å². The van der Waals surface area contributed by atoms with Crippen LogP contribution in [0, 0.1) is 0 Å². The fourth-order valence-electron chi connectivity index (χ4n) is 1.94. The van der Waals surface area contributed by atoms with Crippen LogP contribution in [0.15, 0.2) is 46.9 Å². The molecule has 0 aliphatic carbocycles. The van der Waals surface area contributed by atoms with E-state index in [-0.39, 0.29) is 6.04 Å². The lowest BCUT2D eigenvalue weighted by Gasteiger charge is -2.15.